The van der Waals surface area contributed by atoms with Gasteiger partial charge in [-0.05, 0) is 44.4 Å². The lowest BCUT2D eigenvalue weighted by atomic mass is 10.1. The van der Waals surface area contributed by atoms with Crippen molar-refractivity contribution in [2.24, 2.45) is 0 Å². The van der Waals surface area contributed by atoms with Crippen molar-refractivity contribution < 1.29 is 26.7 Å². The van der Waals surface area contributed by atoms with Gasteiger partial charge >= 0.3 is 12.8 Å². The van der Waals surface area contributed by atoms with Gasteiger partial charge < -0.3 is 19.1 Å². The first-order valence-corrected chi connectivity index (χ1v) is 11.7. The van der Waals surface area contributed by atoms with Crippen LogP contribution in [-0.4, -0.2) is 47.0 Å². The first-order valence-electron chi connectivity index (χ1n) is 11.3. The zero-order valence-corrected chi connectivity index (χ0v) is 19.6. The lowest BCUT2D eigenvalue weighted by Crippen LogP contribution is -2.30. The van der Waals surface area contributed by atoms with Crippen LogP contribution in [0.1, 0.15) is 36.6 Å². The number of benzene rings is 1. The van der Waals surface area contributed by atoms with Gasteiger partial charge in [-0.2, -0.15) is 22.0 Å². The topological polar surface area (TPSA) is 46.4 Å². The first kappa shape index (κ1) is 24.1. The molecule has 0 bridgehead atoms. The predicted octanol–water partition coefficient (Wildman–Crippen LogP) is 6.38. The number of hydrogen-bond acceptors (Lipinski definition) is 5. The number of anilines is 3. The van der Waals surface area contributed by atoms with Gasteiger partial charge in [-0.1, -0.05) is 17.7 Å². The maximum absolute atomic E-state index is 13.7. The maximum atomic E-state index is 13.7. The molecule has 2 aliphatic rings. The number of alkyl halides is 5. The molecule has 1 atom stereocenters. The van der Waals surface area contributed by atoms with Crippen LogP contribution in [-0.2, 0) is 11.3 Å². The number of hydrogen-bond donors (Lipinski definition) is 0. The minimum atomic E-state index is -5.05. The van der Waals surface area contributed by atoms with Crippen LogP contribution in [0, 0.1) is 6.92 Å². The number of aromatic nitrogens is 3. The van der Waals surface area contributed by atoms with Gasteiger partial charge in [-0.25, -0.2) is 9.97 Å². The Morgan fingerprint density at radius 3 is 2.37 bits per heavy atom. The summed E-state index contributed by atoms with van der Waals surface area (Å²) in [5, 5.41) is 0.128. The van der Waals surface area contributed by atoms with Crippen LogP contribution in [0.4, 0.5) is 39.4 Å². The zero-order chi connectivity index (χ0) is 24.9. The largest absolute Gasteiger partial charge is 0.419 e. The normalized spacial score (nSPS) is 17.5. The van der Waals surface area contributed by atoms with Crippen molar-refractivity contribution in [1.82, 2.24) is 14.5 Å². The fourth-order valence-electron chi connectivity index (χ4n) is 4.94. The first-order chi connectivity index (χ1) is 16.6. The molecule has 0 amide bonds. The third-order valence-electron chi connectivity index (χ3n) is 6.44. The maximum Gasteiger partial charge on any atom is 0.419 e. The molecule has 1 saturated heterocycles. The summed E-state index contributed by atoms with van der Waals surface area (Å²) in [7, 11) is 0. The molecule has 1 fully saturated rings. The Morgan fingerprint density at radius 2 is 1.71 bits per heavy atom. The summed E-state index contributed by atoms with van der Waals surface area (Å²) >= 11 is 6.31. The number of aryl methyl sites for hydroxylation is 2. The molecule has 0 aliphatic carbocycles. The molecule has 1 aromatic carbocycles. The van der Waals surface area contributed by atoms with Crippen molar-refractivity contribution >= 4 is 40.1 Å². The highest BCUT2D eigenvalue weighted by atomic mass is 35.5. The number of fused-ring (bicyclic) bond motifs is 3. The molecule has 0 radical (unpaired) electrons. The Morgan fingerprint density at radius 1 is 0.971 bits per heavy atom. The highest BCUT2D eigenvalue weighted by molar-refractivity contribution is 6.35. The van der Waals surface area contributed by atoms with Gasteiger partial charge in [0, 0.05) is 31.7 Å². The molecule has 2 aliphatic heterocycles. The zero-order valence-electron chi connectivity index (χ0n) is 18.8. The number of halogens is 6. The Labute approximate surface area is 203 Å². The fourth-order valence-corrected chi connectivity index (χ4v) is 5.14. The molecule has 0 spiro atoms. The molecular formula is C23H23ClF5N5O. The molecule has 35 heavy (non-hydrogen) atoms. The molecule has 0 N–H and O–H groups in total. The van der Waals surface area contributed by atoms with E-state index in [0.29, 0.717) is 25.5 Å². The minimum absolute atomic E-state index is 0.0412. The van der Waals surface area contributed by atoms with Crippen molar-refractivity contribution in [2.45, 2.75) is 51.6 Å². The molecule has 188 valence electrons. The smallest absolute Gasteiger partial charge is 0.357 e. The second kappa shape index (κ2) is 9.09. The molecule has 1 unspecified atom stereocenters. The Kier molecular flexibility index (Phi) is 6.25. The molecule has 4 heterocycles. The van der Waals surface area contributed by atoms with Crippen LogP contribution >= 0.6 is 11.6 Å². The standard InChI is InChI=1S/C23H23ClF5N5O/c1-13-16(7-8-17(30-13)32-9-2-3-10-32)33-11-4-12-34-19-14(20(23(27,28)29)35-21(25)26)5-6-15(24)18(19)31-22(33)34/h5-8,20-21H,2-4,9-12H2,1H3. The SMILES string of the molecule is Cc1nc(N2CCCC2)ccc1N1CCCn2c1nc1c(Cl)ccc(C(OC(F)F)C(F)(F)F)c12. The van der Waals surface area contributed by atoms with Gasteiger partial charge in [0.25, 0.3) is 0 Å². The van der Waals surface area contributed by atoms with Crippen molar-refractivity contribution in [3.05, 3.63) is 40.5 Å². The van der Waals surface area contributed by atoms with Crippen LogP contribution in [0.3, 0.4) is 0 Å². The minimum Gasteiger partial charge on any atom is -0.357 e. The number of rotatable bonds is 5. The van der Waals surface area contributed by atoms with E-state index in [4.69, 9.17) is 16.6 Å². The van der Waals surface area contributed by atoms with Crippen molar-refractivity contribution in [3.63, 3.8) is 0 Å². The molecule has 6 nitrogen and oxygen atoms in total. The van der Waals surface area contributed by atoms with Crippen molar-refractivity contribution in [2.75, 3.05) is 29.4 Å². The molecular weight excluding hydrogens is 493 g/mol. The fraction of sp³-hybridized carbons (Fsp3) is 0.478. The van der Waals surface area contributed by atoms with Crippen LogP contribution < -0.4 is 9.80 Å². The lowest BCUT2D eigenvalue weighted by molar-refractivity contribution is -0.276. The van der Waals surface area contributed by atoms with E-state index in [1.807, 2.05) is 24.0 Å². The second-order valence-electron chi connectivity index (χ2n) is 8.69. The van der Waals surface area contributed by atoms with Crippen LogP contribution in [0.25, 0.3) is 11.0 Å². The van der Waals surface area contributed by atoms with Gasteiger partial charge in [-0.15, -0.1) is 0 Å². The average molecular weight is 516 g/mol. The summed E-state index contributed by atoms with van der Waals surface area (Å²) in [5.74, 6) is 1.27. The molecule has 2 aromatic heterocycles. The van der Waals surface area contributed by atoms with Gasteiger partial charge in [0.05, 0.1) is 21.9 Å². The monoisotopic (exact) mass is 515 g/mol. The quantitative estimate of drug-likeness (QED) is 0.369. The Bertz CT molecular complexity index is 1240. The summed E-state index contributed by atoms with van der Waals surface area (Å²) < 4.78 is 72.7. The Balaban J connectivity index is 1.62. The van der Waals surface area contributed by atoms with Gasteiger partial charge in [-0.3, -0.25) is 0 Å². The van der Waals surface area contributed by atoms with Crippen molar-refractivity contribution in [3.8, 4) is 0 Å². The molecule has 3 aromatic rings. The number of ether oxygens (including phenoxy) is 1. The van der Waals surface area contributed by atoms with Gasteiger partial charge in [0.2, 0.25) is 5.95 Å². The summed E-state index contributed by atoms with van der Waals surface area (Å²) in [6, 6.07) is 6.18. The van der Waals surface area contributed by atoms with E-state index in [-0.39, 0.29) is 16.1 Å². The number of nitrogens with zero attached hydrogens (tertiary/aromatic N) is 5. The van der Waals surface area contributed by atoms with Crippen LogP contribution in [0.15, 0.2) is 24.3 Å². The molecule has 12 heteroatoms. The average Bonchev–Trinajstić information content (AvgIpc) is 3.46. The van der Waals surface area contributed by atoms with E-state index in [1.54, 1.807) is 4.57 Å². The summed E-state index contributed by atoms with van der Waals surface area (Å²) in [5.41, 5.74) is 1.24. The number of imidazole rings is 1. The highest BCUT2D eigenvalue weighted by Gasteiger charge is 2.45. The number of pyridine rings is 1. The van der Waals surface area contributed by atoms with E-state index >= 15 is 0 Å². The highest BCUT2D eigenvalue weighted by Crippen LogP contribution is 2.44. The van der Waals surface area contributed by atoms with E-state index < -0.39 is 24.5 Å². The molecule has 0 saturated carbocycles. The van der Waals surface area contributed by atoms with E-state index in [9.17, 15) is 22.0 Å². The summed E-state index contributed by atoms with van der Waals surface area (Å²) in [6.45, 7) is 1.10. The lowest BCUT2D eigenvalue weighted by Gasteiger charge is -2.31. The summed E-state index contributed by atoms with van der Waals surface area (Å²) in [4.78, 5) is 13.4. The third-order valence-corrected chi connectivity index (χ3v) is 6.75. The van der Waals surface area contributed by atoms with Crippen molar-refractivity contribution in [1.29, 1.82) is 0 Å². The van der Waals surface area contributed by atoms with Gasteiger partial charge in [0.15, 0.2) is 6.10 Å². The predicted molar refractivity (Wildman–Crippen MR) is 123 cm³/mol. The van der Waals surface area contributed by atoms with Crippen LogP contribution in [0.2, 0.25) is 5.02 Å². The van der Waals surface area contributed by atoms with E-state index in [1.165, 1.54) is 6.07 Å². The second-order valence-corrected chi connectivity index (χ2v) is 9.10. The third kappa shape index (κ3) is 4.40. The molecule has 5 rings (SSSR count). The van der Waals surface area contributed by atoms with E-state index in [2.05, 4.69) is 14.6 Å². The van der Waals surface area contributed by atoms with E-state index in [0.717, 1.165) is 49.2 Å². The van der Waals surface area contributed by atoms with Crippen LogP contribution in [0.5, 0.6) is 0 Å². The Hall–Kier alpha value is -2.66. The summed E-state index contributed by atoms with van der Waals surface area (Å²) in [6.07, 6.45) is -5.03. The van der Waals surface area contributed by atoms with Gasteiger partial charge in [0.1, 0.15) is 11.3 Å².